The van der Waals surface area contributed by atoms with Crippen molar-refractivity contribution < 1.29 is 18.7 Å². The van der Waals surface area contributed by atoms with E-state index in [-0.39, 0.29) is 5.76 Å². The van der Waals surface area contributed by atoms with E-state index in [0.29, 0.717) is 25.4 Å². The third-order valence-electron chi connectivity index (χ3n) is 4.68. The van der Waals surface area contributed by atoms with Crippen LogP contribution in [0.1, 0.15) is 23.0 Å². The fourth-order valence-corrected chi connectivity index (χ4v) is 3.29. The van der Waals surface area contributed by atoms with Gasteiger partial charge in [-0.05, 0) is 37.3 Å². The fourth-order valence-electron chi connectivity index (χ4n) is 3.29. The van der Waals surface area contributed by atoms with Crippen molar-refractivity contribution >= 4 is 28.8 Å². The predicted octanol–water partition coefficient (Wildman–Crippen LogP) is 3.43. The number of furan rings is 1. The minimum Gasteiger partial charge on any atom is -0.494 e. The Kier molecular flexibility index (Phi) is 5.76. The first-order valence-corrected chi connectivity index (χ1v) is 9.66. The van der Waals surface area contributed by atoms with Crippen LogP contribution in [-0.2, 0) is 4.74 Å². The van der Waals surface area contributed by atoms with E-state index < -0.39 is 5.91 Å². The number of benzene rings is 2. The highest BCUT2D eigenvalue weighted by Crippen LogP contribution is 2.24. The highest BCUT2D eigenvalue weighted by Gasteiger charge is 2.14. The summed E-state index contributed by atoms with van der Waals surface area (Å²) in [6.07, 6.45) is 1.65. The first kappa shape index (κ1) is 19.0. The third kappa shape index (κ3) is 4.41. The smallest absolute Gasteiger partial charge is 0.307 e. The summed E-state index contributed by atoms with van der Waals surface area (Å²) in [5.74, 6) is 0.539. The van der Waals surface area contributed by atoms with Gasteiger partial charge in [-0.15, -0.1) is 0 Å². The normalized spacial score (nSPS) is 14.4. The number of hydrogen-bond acceptors (Lipinski definition) is 6. The first-order chi connectivity index (χ1) is 14.2. The molecule has 1 fully saturated rings. The highest BCUT2D eigenvalue weighted by atomic mass is 16.5. The van der Waals surface area contributed by atoms with Gasteiger partial charge >= 0.3 is 5.91 Å². The summed E-state index contributed by atoms with van der Waals surface area (Å²) in [7, 11) is 0. The van der Waals surface area contributed by atoms with Crippen molar-refractivity contribution in [1.82, 2.24) is 5.43 Å². The average molecular weight is 393 g/mol. The number of morpholine rings is 1. The summed E-state index contributed by atoms with van der Waals surface area (Å²) < 4.78 is 16.5. The minimum atomic E-state index is -0.403. The zero-order valence-electron chi connectivity index (χ0n) is 16.3. The molecule has 1 aliphatic rings. The van der Waals surface area contributed by atoms with Crippen LogP contribution in [0.3, 0.4) is 0 Å². The quantitative estimate of drug-likeness (QED) is 0.513. The van der Waals surface area contributed by atoms with Gasteiger partial charge in [0, 0.05) is 29.7 Å². The van der Waals surface area contributed by atoms with Crippen molar-refractivity contribution in [3.05, 3.63) is 59.9 Å². The molecule has 29 heavy (non-hydrogen) atoms. The molecular formula is C22H23N3O4. The van der Waals surface area contributed by atoms with Crippen LogP contribution in [0.2, 0.25) is 0 Å². The van der Waals surface area contributed by atoms with Crippen molar-refractivity contribution in [2.75, 3.05) is 37.8 Å². The topological polar surface area (TPSA) is 76.3 Å². The van der Waals surface area contributed by atoms with E-state index in [1.165, 1.54) is 0 Å². The molecule has 7 heteroatoms. The van der Waals surface area contributed by atoms with Crippen LogP contribution >= 0.6 is 0 Å². The van der Waals surface area contributed by atoms with Crippen molar-refractivity contribution in [1.29, 1.82) is 0 Å². The summed E-state index contributed by atoms with van der Waals surface area (Å²) in [5, 5.41) is 4.93. The van der Waals surface area contributed by atoms with Crippen molar-refractivity contribution in [2.45, 2.75) is 6.92 Å². The summed E-state index contributed by atoms with van der Waals surface area (Å²) in [5.41, 5.74) is 5.17. The SMILES string of the molecule is CCOc1ccc2oc(C(=O)N/N=C\c3ccccc3N3CCOCC3)cc2c1. The number of para-hydroxylation sites is 1. The van der Waals surface area contributed by atoms with Gasteiger partial charge in [0.25, 0.3) is 0 Å². The highest BCUT2D eigenvalue weighted by molar-refractivity contribution is 5.97. The molecule has 0 unspecified atom stereocenters. The van der Waals surface area contributed by atoms with Gasteiger partial charge in [-0.25, -0.2) is 5.43 Å². The van der Waals surface area contributed by atoms with E-state index in [0.717, 1.165) is 35.5 Å². The molecule has 1 aliphatic heterocycles. The maximum Gasteiger partial charge on any atom is 0.307 e. The van der Waals surface area contributed by atoms with Gasteiger partial charge in [-0.2, -0.15) is 5.10 Å². The van der Waals surface area contributed by atoms with E-state index in [9.17, 15) is 4.79 Å². The molecule has 0 radical (unpaired) electrons. The first-order valence-electron chi connectivity index (χ1n) is 9.66. The molecule has 0 saturated carbocycles. The summed E-state index contributed by atoms with van der Waals surface area (Å²) >= 11 is 0. The van der Waals surface area contributed by atoms with Gasteiger partial charge in [0.05, 0.1) is 26.0 Å². The standard InChI is InChI=1S/C22H23N3O4/c1-2-28-18-7-8-20-17(13-18)14-21(29-20)22(26)24-23-15-16-5-3-4-6-19(16)25-9-11-27-12-10-25/h3-8,13-15H,2,9-12H2,1H3,(H,24,26)/b23-15-. The number of anilines is 1. The Morgan fingerprint density at radius 1 is 1.21 bits per heavy atom. The fraction of sp³-hybridized carbons (Fsp3) is 0.273. The lowest BCUT2D eigenvalue weighted by molar-refractivity contribution is 0.0929. The Labute approximate surface area is 168 Å². The van der Waals surface area contributed by atoms with Crippen molar-refractivity contribution in [2.24, 2.45) is 5.10 Å². The number of nitrogens with one attached hydrogen (secondary N) is 1. The minimum absolute atomic E-state index is 0.201. The molecule has 0 aliphatic carbocycles. The molecule has 3 aromatic rings. The number of carbonyl (C=O) groups excluding carboxylic acids is 1. The van der Waals surface area contributed by atoms with Gasteiger partial charge in [-0.1, -0.05) is 18.2 Å². The number of hydrogen-bond donors (Lipinski definition) is 1. The number of nitrogens with zero attached hydrogens (tertiary/aromatic N) is 2. The maximum absolute atomic E-state index is 12.4. The number of ether oxygens (including phenoxy) is 2. The van der Waals surface area contributed by atoms with Crippen LogP contribution in [0.5, 0.6) is 5.75 Å². The molecule has 1 aromatic heterocycles. The monoisotopic (exact) mass is 393 g/mol. The second kappa shape index (κ2) is 8.79. The van der Waals surface area contributed by atoms with Gasteiger partial charge in [0.2, 0.25) is 0 Å². The lowest BCUT2D eigenvalue weighted by Gasteiger charge is -2.29. The van der Waals surface area contributed by atoms with E-state index in [1.807, 2.05) is 43.3 Å². The summed E-state index contributed by atoms with van der Waals surface area (Å²) in [6.45, 7) is 5.59. The Bertz CT molecular complexity index is 1020. The van der Waals surface area contributed by atoms with Crippen LogP contribution < -0.4 is 15.1 Å². The zero-order chi connectivity index (χ0) is 20.1. The van der Waals surface area contributed by atoms with Gasteiger partial charge in [0.1, 0.15) is 11.3 Å². The van der Waals surface area contributed by atoms with Crippen LogP contribution in [0, 0.1) is 0 Å². The molecular weight excluding hydrogens is 370 g/mol. The van der Waals surface area contributed by atoms with E-state index in [2.05, 4.69) is 15.4 Å². The van der Waals surface area contributed by atoms with Crippen molar-refractivity contribution in [3.8, 4) is 5.75 Å². The third-order valence-corrected chi connectivity index (χ3v) is 4.68. The number of rotatable bonds is 6. The number of hydrazone groups is 1. The maximum atomic E-state index is 12.4. The second-order valence-electron chi connectivity index (χ2n) is 6.60. The molecule has 0 spiro atoms. The Balaban J connectivity index is 1.46. The van der Waals surface area contributed by atoms with Crippen LogP contribution in [0.4, 0.5) is 5.69 Å². The molecule has 0 bridgehead atoms. The molecule has 0 atom stereocenters. The predicted molar refractivity (Wildman–Crippen MR) is 112 cm³/mol. The second-order valence-corrected chi connectivity index (χ2v) is 6.60. The summed E-state index contributed by atoms with van der Waals surface area (Å²) in [4.78, 5) is 14.7. The van der Waals surface area contributed by atoms with Gasteiger partial charge < -0.3 is 18.8 Å². The van der Waals surface area contributed by atoms with Crippen LogP contribution in [0.15, 0.2) is 58.0 Å². The van der Waals surface area contributed by atoms with Crippen molar-refractivity contribution in [3.63, 3.8) is 0 Å². The lowest BCUT2D eigenvalue weighted by atomic mass is 10.1. The Hall–Kier alpha value is -3.32. The number of fused-ring (bicyclic) bond motifs is 1. The molecule has 150 valence electrons. The van der Waals surface area contributed by atoms with Crippen LogP contribution in [-0.4, -0.2) is 45.0 Å². The average Bonchev–Trinajstić information content (AvgIpc) is 3.18. The van der Waals surface area contributed by atoms with Gasteiger partial charge in [0.15, 0.2) is 5.76 Å². The molecule has 2 aromatic carbocycles. The largest absolute Gasteiger partial charge is 0.494 e. The molecule has 2 heterocycles. The number of amides is 1. The zero-order valence-corrected chi connectivity index (χ0v) is 16.3. The molecule has 1 N–H and O–H groups in total. The van der Waals surface area contributed by atoms with E-state index in [1.54, 1.807) is 18.3 Å². The molecule has 1 saturated heterocycles. The van der Waals surface area contributed by atoms with Crippen LogP contribution in [0.25, 0.3) is 11.0 Å². The molecule has 1 amide bonds. The Morgan fingerprint density at radius 3 is 2.86 bits per heavy atom. The number of carbonyl (C=O) groups is 1. The summed E-state index contributed by atoms with van der Waals surface area (Å²) in [6, 6.07) is 15.1. The Morgan fingerprint density at radius 2 is 2.03 bits per heavy atom. The lowest BCUT2D eigenvalue weighted by Crippen LogP contribution is -2.36. The van der Waals surface area contributed by atoms with E-state index in [4.69, 9.17) is 13.9 Å². The molecule has 7 nitrogen and oxygen atoms in total. The molecule has 4 rings (SSSR count). The van der Waals surface area contributed by atoms with E-state index >= 15 is 0 Å². The van der Waals surface area contributed by atoms with Gasteiger partial charge in [-0.3, -0.25) is 4.79 Å².